The fraction of sp³-hybridized carbons (Fsp3) is 0.364. The number of nitrogens with zero attached hydrogens (tertiary/aromatic N) is 1. The Morgan fingerprint density at radius 1 is 1.06 bits per heavy atom. The lowest BCUT2D eigenvalue weighted by Crippen LogP contribution is -2.43. The van der Waals surface area contributed by atoms with Crippen molar-refractivity contribution in [3.05, 3.63) is 67.7 Å². The van der Waals surface area contributed by atoms with Crippen LogP contribution < -0.4 is 5.32 Å². The van der Waals surface area contributed by atoms with E-state index in [-0.39, 0.29) is 50.4 Å². The van der Waals surface area contributed by atoms with E-state index >= 15 is 0 Å². The summed E-state index contributed by atoms with van der Waals surface area (Å²) in [6, 6.07) is 5.22. The first-order chi connectivity index (χ1) is 15.7. The van der Waals surface area contributed by atoms with Gasteiger partial charge in [-0.1, -0.05) is 53.9 Å². The third kappa shape index (κ3) is 5.16. The van der Waals surface area contributed by atoms with Crippen molar-refractivity contribution in [2.45, 2.75) is 44.1 Å². The van der Waals surface area contributed by atoms with Crippen LogP contribution in [0.15, 0.2) is 35.3 Å². The number of hydrogen-bond acceptors (Lipinski definition) is 2. The summed E-state index contributed by atoms with van der Waals surface area (Å²) in [5, 5.41) is 1.90. The van der Waals surface area contributed by atoms with Gasteiger partial charge in [0.2, 0.25) is 5.91 Å². The molecule has 0 fully saturated rings. The number of carbonyl (C=O) groups excluding carboxylic acids is 1. The molecule has 12 heteroatoms. The molecule has 1 aliphatic heterocycles. The monoisotopic (exact) mass is 544 g/mol. The third-order valence-electron chi connectivity index (χ3n) is 5.63. The van der Waals surface area contributed by atoms with Crippen LogP contribution in [0, 0.1) is 0 Å². The highest BCUT2D eigenvalue weighted by atomic mass is 35.5. The standard InChI is InChI=1S/C22H17Cl3F6N2O/c1-2-18(34)32-9-12-4-3-11(5-14(12)21(26,27)28)17-8-20(10-33-17,22(29,30)31)13-6-15(23)19(25)16(24)7-13/h3-7H,2,8-10H2,1H3,(H,32,34). The van der Waals surface area contributed by atoms with Gasteiger partial charge in [-0.25, -0.2) is 0 Å². The van der Waals surface area contributed by atoms with Crippen LogP contribution in [0.3, 0.4) is 0 Å². The molecule has 0 spiro atoms. The summed E-state index contributed by atoms with van der Waals surface area (Å²) in [6.45, 7) is 0.424. The van der Waals surface area contributed by atoms with Gasteiger partial charge in [0.15, 0.2) is 0 Å². The fourth-order valence-corrected chi connectivity index (χ4v) is 4.29. The van der Waals surface area contributed by atoms with Crippen LogP contribution in [0.2, 0.25) is 15.1 Å². The van der Waals surface area contributed by atoms with Gasteiger partial charge < -0.3 is 5.32 Å². The van der Waals surface area contributed by atoms with E-state index in [4.69, 9.17) is 34.8 Å². The van der Waals surface area contributed by atoms with Gasteiger partial charge in [-0.3, -0.25) is 9.79 Å². The largest absolute Gasteiger partial charge is 0.416 e. The molecule has 1 unspecified atom stereocenters. The molecule has 1 atom stereocenters. The van der Waals surface area contributed by atoms with Gasteiger partial charge >= 0.3 is 12.4 Å². The normalized spacial score (nSPS) is 18.7. The lowest BCUT2D eigenvalue weighted by molar-refractivity contribution is -0.183. The minimum atomic E-state index is -4.81. The molecule has 0 bridgehead atoms. The van der Waals surface area contributed by atoms with Crippen molar-refractivity contribution < 1.29 is 31.1 Å². The van der Waals surface area contributed by atoms with Gasteiger partial charge in [0.05, 0.1) is 27.2 Å². The quantitative estimate of drug-likeness (QED) is 0.309. The summed E-state index contributed by atoms with van der Waals surface area (Å²) < 4.78 is 83.9. The summed E-state index contributed by atoms with van der Waals surface area (Å²) in [5.41, 5.74) is -4.34. The molecule has 34 heavy (non-hydrogen) atoms. The Balaban J connectivity index is 2.01. The number of halogens is 9. The maximum absolute atomic E-state index is 14.3. The smallest absolute Gasteiger partial charge is 0.352 e. The average molecular weight is 546 g/mol. The van der Waals surface area contributed by atoms with E-state index in [9.17, 15) is 31.1 Å². The zero-order valence-electron chi connectivity index (χ0n) is 17.5. The molecule has 0 radical (unpaired) electrons. The third-order valence-corrected chi connectivity index (χ3v) is 6.83. The van der Waals surface area contributed by atoms with Crippen LogP contribution in [0.4, 0.5) is 26.3 Å². The molecule has 3 rings (SSSR count). The van der Waals surface area contributed by atoms with Gasteiger partial charge in [0.1, 0.15) is 5.41 Å². The Hall–Kier alpha value is -1.97. The maximum atomic E-state index is 14.3. The Kier molecular flexibility index (Phi) is 7.51. The molecule has 2 aromatic carbocycles. The lowest BCUT2D eigenvalue weighted by atomic mass is 9.76. The van der Waals surface area contributed by atoms with Crippen molar-refractivity contribution in [3.8, 4) is 0 Å². The maximum Gasteiger partial charge on any atom is 0.416 e. The van der Waals surface area contributed by atoms with Crippen molar-refractivity contribution in [2.24, 2.45) is 4.99 Å². The second-order valence-electron chi connectivity index (χ2n) is 7.77. The number of benzene rings is 2. The number of carbonyl (C=O) groups is 1. The lowest BCUT2D eigenvalue weighted by Gasteiger charge is -2.32. The predicted octanol–water partition coefficient (Wildman–Crippen LogP) is 7.38. The van der Waals surface area contributed by atoms with Crippen molar-refractivity contribution >= 4 is 46.4 Å². The van der Waals surface area contributed by atoms with Crippen molar-refractivity contribution in [1.82, 2.24) is 5.32 Å². The predicted molar refractivity (Wildman–Crippen MR) is 119 cm³/mol. The van der Waals surface area contributed by atoms with Gasteiger partial charge in [-0.05, 0) is 34.9 Å². The first-order valence-electron chi connectivity index (χ1n) is 9.92. The molecule has 1 N–H and O–H groups in total. The molecule has 0 aromatic heterocycles. The number of hydrogen-bond donors (Lipinski definition) is 1. The molecule has 0 aliphatic carbocycles. The molecule has 184 valence electrons. The van der Waals surface area contributed by atoms with E-state index in [0.29, 0.717) is 0 Å². The molecular weight excluding hydrogens is 529 g/mol. The second kappa shape index (κ2) is 9.59. The Labute approximate surface area is 206 Å². The van der Waals surface area contributed by atoms with Crippen molar-refractivity contribution in [3.63, 3.8) is 0 Å². The van der Waals surface area contributed by atoms with E-state index in [0.717, 1.165) is 24.3 Å². The van der Waals surface area contributed by atoms with Crippen molar-refractivity contribution in [1.29, 1.82) is 0 Å². The van der Waals surface area contributed by atoms with Gasteiger partial charge in [0.25, 0.3) is 0 Å². The molecule has 1 heterocycles. The van der Waals surface area contributed by atoms with Gasteiger partial charge in [-0.2, -0.15) is 26.3 Å². The minimum Gasteiger partial charge on any atom is -0.352 e. The van der Waals surface area contributed by atoms with E-state index in [1.807, 2.05) is 0 Å². The number of aliphatic imine (C=N–C) groups is 1. The Bertz CT molecular complexity index is 1120. The number of nitrogens with one attached hydrogen (secondary N) is 1. The van der Waals surface area contributed by atoms with Crippen LogP contribution in [-0.4, -0.2) is 24.3 Å². The first kappa shape index (κ1) is 26.6. The van der Waals surface area contributed by atoms with E-state index in [2.05, 4.69) is 10.3 Å². The Morgan fingerprint density at radius 3 is 2.21 bits per heavy atom. The number of amides is 1. The van der Waals surface area contributed by atoms with E-state index < -0.39 is 42.2 Å². The van der Waals surface area contributed by atoms with Gasteiger partial charge in [0, 0.05) is 25.1 Å². The first-order valence-corrected chi connectivity index (χ1v) is 11.0. The van der Waals surface area contributed by atoms with Crippen molar-refractivity contribution in [2.75, 3.05) is 6.54 Å². The van der Waals surface area contributed by atoms with Crippen LogP contribution in [0.5, 0.6) is 0 Å². The average Bonchev–Trinajstić information content (AvgIpc) is 3.21. The van der Waals surface area contributed by atoms with Crippen LogP contribution in [-0.2, 0) is 22.9 Å². The molecule has 2 aromatic rings. The van der Waals surface area contributed by atoms with Crippen LogP contribution in [0.25, 0.3) is 0 Å². The highest BCUT2D eigenvalue weighted by Gasteiger charge is 2.58. The fourth-order valence-electron chi connectivity index (χ4n) is 3.69. The molecular formula is C22H17Cl3F6N2O. The summed E-state index contributed by atoms with van der Waals surface area (Å²) >= 11 is 17.7. The molecule has 3 nitrogen and oxygen atoms in total. The highest BCUT2D eigenvalue weighted by Crippen LogP contribution is 2.50. The highest BCUT2D eigenvalue weighted by molar-refractivity contribution is 6.48. The van der Waals surface area contributed by atoms with E-state index in [1.54, 1.807) is 6.92 Å². The van der Waals surface area contributed by atoms with Crippen LogP contribution in [0.1, 0.15) is 42.0 Å². The summed E-state index contributed by atoms with van der Waals surface area (Å²) in [7, 11) is 0. The SMILES string of the molecule is CCC(=O)NCc1ccc(C2=NCC(c3cc(Cl)c(Cl)c(Cl)c3)(C(F)(F)F)C2)cc1C(F)(F)F. The molecule has 1 aliphatic rings. The Morgan fingerprint density at radius 2 is 1.68 bits per heavy atom. The summed E-state index contributed by atoms with van der Waals surface area (Å²) in [4.78, 5) is 15.4. The molecule has 0 saturated heterocycles. The molecule has 0 saturated carbocycles. The summed E-state index contributed by atoms with van der Waals surface area (Å²) in [6.07, 6.45) is -10.2. The molecule has 1 amide bonds. The van der Waals surface area contributed by atoms with E-state index in [1.165, 1.54) is 6.07 Å². The number of rotatable bonds is 5. The second-order valence-corrected chi connectivity index (χ2v) is 8.97. The zero-order chi connectivity index (χ0) is 25.5. The van der Waals surface area contributed by atoms with Crippen LogP contribution >= 0.6 is 34.8 Å². The zero-order valence-corrected chi connectivity index (χ0v) is 19.7. The number of alkyl halides is 6. The van der Waals surface area contributed by atoms with Gasteiger partial charge in [-0.15, -0.1) is 0 Å². The summed E-state index contributed by atoms with van der Waals surface area (Å²) in [5.74, 6) is -0.437. The minimum absolute atomic E-state index is 0.0918. The topological polar surface area (TPSA) is 41.5 Å².